The molecule has 2 rings (SSSR count). The molecule has 0 saturated heterocycles. The largest absolute Gasteiger partial charge is 0.465 e. The highest BCUT2D eigenvalue weighted by Crippen LogP contribution is 2.16. The van der Waals surface area contributed by atoms with Gasteiger partial charge in [-0.1, -0.05) is 6.92 Å². The van der Waals surface area contributed by atoms with Gasteiger partial charge in [-0.25, -0.2) is 14.2 Å². The zero-order chi connectivity index (χ0) is 15.2. The van der Waals surface area contributed by atoms with Gasteiger partial charge >= 0.3 is 5.97 Å². The van der Waals surface area contributed by atoms with Gasteiger partial charge in [-0.15, -0.1) is 0 Å². The van der Waals surface area contributed by atoms with Crippen LogP contribution in [-0.2, 0) is 17.8 Å². The molecule has 0 bridgehead atoms. The van der Waals surface area contributed by atoms with Crippen molar-refractivity contribution in [1.82, 2.24) is 9.55 Å². The van der Waals surface area contributed by atoms with Crippen molar-refractivity contribution in [2.75, 3.05) is 12.4 Å². The Morgan fingerprint density at radius 2 is 2.29 bits per heavy atom. The summed E-state index contributed by atoms with van der Waals surface area (Å²) in [6.45, 7) is 3.54. The molecule has 0 aliphatic heterocycles. The standard InChI is InChI=1S/C15H18FN3O2/c1-3-6-19-10-17-8-12(19)9-18-11-4-5-14(16)13(7-11)15(20)21-2/h4-5,7-8,10,18H,3,6,9H2,1-2H3. The van der Waals surface area contributed by atoms with E-state index in [1.807, 2.05) is 0 Å². The molecule has 0 saturated carbocycles. The highest BCUT2D eigenvalue weighted by atomic mass is 19.1. The van der Waals surface area contributed by atoms with E-state index in [1.165, 1.54) is 19.2 Å². The Balaban J connectivity index is 2.09. The first-order valence-corrected chi connectivity index (χ1v) is 6.76. The number of carbonyl (C=O) groups excluding carboxylic acids is 1. The molecule has 1 aromatic heterocycles. The average molecular weight is 291 g/mol. The van der Waals surface area contributed by atoms with E-state index in [-0.39, 0.29) is 5.56 Å². The fourth-order valence-electron chi connectivity index (χ4n) is 2.03. The Hall–Kier alpha value is -2.37. The lowest BCUT2D eigenvalue weighted by Crippen LogP contribution is -2.09. The summed E-state index contributed by atoms with van der Waals surface area (Å²) in [4.78, 5) is 15.6. The fraction of sp³-hybridized carbons (Fsp3) is 0.333. The molecule has 1 N–H and O–H groups in total. The molecule has 1 aromatic carbocycles. The van der Waals surface area contributed by atoms with E-state index in [1.54, 1.807) is 18.6 Å². The number of hydrogen-bond acceptors (Lipinski definition) is 4. The predicted octanol–water partition coefficient (Wildman–Crippen LogP) is 2.83. The van der Waals surface area contributed by atoms with Gasteiger partial charge in [0.15, 0.2) is 0 Å². The number of aromatic nitrogens is 2. The van der Waals surface area contributed by atoms with Crippen molar-refractivity contribution in [3.05, 3.63) is 47.8 Å². The Morgan fingerprint density at radius 1 is 1.48 bits per heavy atom. The van der Waals surface area contributed by atoms with Gasteiger partial charge in [0.2, 0.25) is 0 Å². The van der Waals surface area contributed by atoms with Gasteiger partial charge in [-0.3, -0.25) is 0 Å². The van der Waals surface area contributed by atoms with E-state index in [0.29, 0.717) is 12.2 Å². The first-order valence-electron chi connectivity index (χ1n) is 6.76. The number of nitrogens with one attached hydrogen (secondary N) is 1. The molecule has 0 aliphatic rings. The minimum atomic E-state index is -0.688. The Bertz CT molecular complexity index is 625. The molecule has 2 aromatic rings. The van der Waals surface area contributed by atoms with Crippen molar-refractivity contribution in [2.24, 2.45) is 0 Å². The smallest absolute Gasteiger partial charge is 0.340 e. The Kier molecular flexibility index (Phi) is 4.92. The topological polar surface area (TPSA) is 56.2 Å². The van der Waals surface area contributed by atoms with E-state index >= 15 is 0 Å². The average Bonchev–Trinajstić information content (AvgIpc) is 2.93. The number of aryl methyl sites for hydroxylation is 1. The molecular formula is C15H18FN3O2. The van der Waals surface area contributed by atoms with Gasteiger partial charge in [-0.2, -0.15) is 0 Å². The number of methoxy groups -OCH3 is 1. The van der Waals surface area contributed by atoms with Crippen LogP contribution in [0.3, 0.4) is 0 Å². The molecule has 0 amide bonds. The van der Waals surface area contributed by atoms with Gasteiger partial charge in [-0.05, 0) is 24.6 Å². The fourth-order valence-corrected chi connectivity index (χ4v) is 2.03. The SMILES string of the molecule is CCCn1cncc1CNc1ccc(F)c(C(=O)OC)c1. The summed E-state index contributed by atoms with van der Waals surface area (Å²) in [5.41, 5.74) is 1.60. The number of esters is 1. The molecule has 5 nitrogen and oxygen atoms in total. The lowest BCUT2D eigenvalue weighted by molar-refractivity contribution is 0.0595. The van der Waals surface area contributed by atoms with Crippen molar-refractivity contribution in [3.8, 4) is 0 Å². The second-order valence-electron chi connectivity index (χ2n) is 4.62. The Labute approximate surface area is 122 Å². The zero-order valence-corrected chi connectivity index (χ0v) is 12.1. The van der Waals surface area contributed by atoms with Crippen LogP contribution in [0.25, 0.3) is 0 Å². The van der Waals surface area contributed by atoms with Crippen LogP contribution in [0, 0.1) is 5.82 Å². The number of rotatable bonds is 6. The lowest BCUT2D eigenvalue weighted by Gasteiger charge is -2.10. The monoisotopic (exact) mass is 291 g/mol. The van der Waals surface area contributed by atoms with Crippen molar-refractivity contribution in [3.63, 3.8) is 0 Å². The summed E-state index contributed by atoms with van der Waals surface area (Å²) >= 11 is 0. The molecule has 0 radical (unpaired) electrons. The number of carbonyl (C=O) groups is 1. The van der Waals surface area contributed by atoms with Gasteiger partial charge in [0.05, 0.1) is 31.2 Å². The summed E-state index contributed by atoms with van der Waals surface area (Å²) in [5.74, 6) is -1.28. The second kappa shape index (κ2) is 6.88. The second-order valence-corrected chi connectivity index (χ2v) is 4.62. The van der Waals surface area contributed by atoms with Crippen LogP contribution in [0.2, 0.25) is 0 Å². The summed E-state index contributed by atoms with van der Waals surface area (Å²) in [7, 11) is 1.23. The normalized spacial score (nSPS) is 10.4. The molecule has 112 valence electrons. The van der Waals surface area contributed by atoms with Crippen LogP contribution in [0.4, 0.5) is 10.1 Å². The van der Waals surface area contributed by atoms with Crippen molar-refractivity contribution in [1.29, 1.82) is 0 Å². The van der Waals surface area contributed by atoms with Gasteiger partial charge in [0.1, 0.15) is 5.82 Å². The number of hydrogen-bond donors (Lipinski definition) is 1. The van der Waals surface area contributed by atoms with E-state index in [0.717, 1.165) is 18.7 Å². The van der Waals surface area contributed by atoms with E-state index in [4.69, 9.17) is 0 Å². The third-order valence-electron chi connectivity index (χ3n) is 3.11. The van der Waals surface area contributed by atoms with E-state index in [9.17, 15) is 9.18 Å². The number of ether oxygens (including phenoxy) is 1. The molecule has 21 heavy (non-hydrogen) atoms. The number of nitrogens with zero attached hydrogens (tertiary/aromatic N) is 2. The van der Waals surface area contributed by atoms with Gasteiger partial charge < -0.3 is 14.6 Å². The van der Waals surface area contributed by atoms with Crippen LogP contribution in [0.1, 0.15) is 29.4 Å². The predicted molar refractivity (Wildman–Crippen MR) is 77.6 cm³/mol. The molecule has 6 heteroatoms. The van der Waals surface area contributed by atoms with Crippen LogP contribution in [0.15, 0.2) is 30.7 Å². The third kappa shape index (κ3) is 3.59. The van der Waals surface area contributed by atoms with Crippen LogP contribution >= 0.6 is 0 Å². The van der Waals surface area contributed by atoms with Gasteiger partial charge in [0.25, 0.3) is 0 Å². The molecule has 0 aliphatic carbocycles. The summed E-state index contributed by atoms with van der Waals surface area (Å²) in [6.07, 6.45) is 4.59. The number of halogens is 1. The summed E-state index contributed by atoms with van der Waals surface area (Å²) < 4.78 is 20.1. The molecule has 1 heterocycles. The van der Waals surface area contributed by atoms with E-state index in [2.05, 4.69) is 26.5 Å². The van der Waals surface area contributed by atoms with Crippen LogP contribution in [-0.4, -0.2) is 22.6 Å². The Morgan fingerprint density at radius 3 is 3.00 bits per heavy atom. The maximum atomic E-state index is 13.5. The zero-order valence-electron chi connectivity index (χ0n) is 12.1. The first kappa shape index (κ1) is 15.0. The minimum absolute atomic E-state index is 0.0791. The lowest BCUT2D eigenvalue weighted by atomic mass is 10.2. The molecular weight excluding hydrogens is 273 g/mol. The molecule has 0 unspecified atom stereocenters. The highest BCUT2D eigenvalue weighted by Gasteiger charge is 2.12. The maximum absolute atomic E-state index is 13.5. The number of imidazole rings is 1. The van der Waals surface area contributed by atoms with E-state index < -0.39 is 11.8 Å². The molecule has 0 spiro atoms. The van der Waals surface area contributed by atoms with Gasteiger partial charge in [0, 0.05) is 18.4 Å². The van der Waals surface area contributed by atoms with Crippen molar-refractivity contribution in [2.45, 2.75) is 26.4 Å². The first-order chi connectivity index (χ1) is 10.2. The highest BCUT2D eigenvalue weighted by molar-refractivity contribution is 5.90. The number of anilines is 1. The summed E-state index contributed by atoms with van der Waals surface area (Å²) in [6, 6.07) is 4.28. The maximum Gasteiger partial charge on any atom is 0.340 e. The molecule has 0 atom stereocenters. The van der Waals surface area contributed by atoms with Crippen LogP contribution in [0.5, 0.6) is 0 Å². The van der Waals surface area contributed by atoms with Crippen molar-refractivity contribution >= 4 is 11.7 Å². The summed E-state index contributed by atoms with van der Waals surface area (Å²) in [5, 5.41) is 3.16. The quantitative estimate of drug-likeness (QED) is 0.831. The number of benzene rings is 1. The van der Waals surface area contributed by atoms with Crippen molar-refractivity contribution < 1.29 is 13.9 Å². The van der Waals surface area contributed by atoms with Crippen LogP contribution < -0.4 is 5.32 Å². The minimum Gasteiger partial charge on any atom is -0.465 e. The third-order valence-corrected chi connectivity index (χ3v) is 3.11. The molecule has 0 fully saturated rings.